The SMILES string of the molecule is CCNC(=O)Nc1ncnc2c1ncn2[C@@H]1O[C@H](COP(=O)(O)CC(N)C(=O)O)C2O[C@H](/C=C/c3ccccc3)O[C@@H]21. The molecule has 3 unspecified atom stereocenters. The first-order chi connectivity index (χ1) is 20.1. The Bertz CT molecular complexity index is 1500. The number of ether oxygens (including phenoxy) is 3. The summed E-state index contributed by atoms with van der Waals surface area (Å²) in [5, 5.41) is 14.3. The quantitative estimate of drug-likeness (QED) is 0.195. The fourth-order valence-electron chi connectivity index (χ4n) is 4.57. The highest BCUT2D eigenvalue weighted by Crippen LogP contribution is 2.46. The molecule has 0 aliphatic carbocycles. The molecule has 0 radical (unpaired) electrons. The number of aliphatic carboxylic acids is 1. The average Bonchev–Trinajstić information content (AvgIpc) is 3.65. The number of hydrogen-bond acceptors (Lipinski definition) is 11. The van der Waals surface area contributed by atoms with Gasteiger partial charge in [-0.2, -0.15) is 0 Å². The van der Waals surface area contributed by atoms with Gasteiger partial charge in [-0.25, -0.2) is 19.7 Å². The van der Waals surface area contributed by atoms with E-state index in [1.165, 1.54) is 12.7 Å². The van der Waals surface area contributed by atoms with Crippen LogP contribution in [0.4, 0.5) is 10.6 Å². The number of carbonyl (C=O) groups is 2. The Morgan fingerprint density at radius 1 is 1.19 bits per heavy atom. The molecule has 1 aromatic carbocycles. The number of anilines is 1. The fourth-order valence-corrected chi connectivity index (χ4v) is 5.71. The van der Waals surface area contributed by atoms with E-state index in [2.05, 4.69) is 25.6 Å². The van der Waals surface area contributed by atoms with Crippen LogP contribution in [0.1, 0.15) is 18.7 Å². The number of carboxylic acids is 1. The molecule has 7 atom stereocenters. The molecule has 42 heavy (non-hydrogen) atoms. The first-order valence-electron chi connectivity index (χ1n) is 13.0. The van der Waals surface area contributed by atoms with E-state index in [-0.39, 0.29) is 5.82 Å². The molecule has 5 rings (SSSR count). The average molecular weight is 604 g/mol. The second-order valence-electron chi connectivity index (χ2n) is 9.50. The summed E-state index contributed by atoms with van der Waals surface area (Å²) in [5.74, 6) is -1.25. The van der Waals surface area contributed by atoms with Crippen molar-refractivity contribution in [2.75, 3.05) is 24.6 Å². The topological polar surface area (TPSA) is 222 Å². The van der Waals surface area contributed by atoms with Crippen molar-refractivity contribution in [1.82, 2.24) is 24.8 Å². The van der Waals surface area contributed by atoms with Gasteiger partial charge in [0.2, 0.25) is 0 Å². The minimum atomic E-state index is -4.39. The molecule has 2 saturated heterocycles. The van der Waals surface area contributed by atoms with E-state index in [9.17, 15) is 19.0 Å². The molecule has 2 fully saturated rings. The maximum absolute atomic E-state index is 12.5. The Hall–Kier alpha value is -3.76. The number of aromatic nitrogens is 4. The van der Waals surface area contributed by atoms with Gasteiger partial charge >= 0.3 is 19.6 Å². The number of carbonyl (C=O) groups excluding carboxylic acids is 1. The Kier molecular flexibility index (Phi) is 8.93. The molecule has 2 aliphatic rings. The van der Waals surface area contributed by atoms with Crippen LogP contribution >= 0.6 is 7.60 Å². The number of rotatable bonds is 11. The van der Waals surface area contributed by atoms with E-state index < -0.39 is 69.2 Å². The zero-order valence-electron chi connectivity index (χ0n) is 22.3. The van der Waals surface area contributed by atoms with E-state index in [0.717, 1.165) is 5.56 Å². The summed E-state index contributed by atoms with van der Waals surface area (Å²) in [6.45, 7) is 1.78. The molecular weight excluding hydrogens is 573 g/mol. The molecule has 4 heterocycles. The molecule has 224 valence electrons. The zero-order valence-corrected chi connectivity index (χ0v) is 23.2. The van der Waals surface area contributed by atoms with E-state index >= 15 is 0 Å². The Labute approximate surface area is 239 Å². The Balaban J connectivity index is 1.39. The van der Waals surface area contributed by atoms with Crippen LogP contribution in [-0.2, 0) is 28.1 Å². The number of nitrogens with two attached hydrogens (primary N) is 1. The molecule has 6 N–H and O–H groups in total. The van der Waals surface area contributed by atoms with Gasteiger partial charge in [0.15, 0.2) is 29.5 Å². The molecule has 16 nitrogen and oxygen atoms in total. The van der Waals surface area contributed by atoms with Crippen LogP contribution in [0.3, 0.4) is 0 Å². The van der Waals surface area contributed by atoms with Crippen molar-refractivity contribution in [2.24, 2.45) is 5.73 Å². The summed E-state index contributed by atoms with van der Waals surface area (Å²) in [6, 6.07) is 7.48. The molecule has 0 bridgehead atoms. The third-order valence-electron chi connectivity index (χ3n) is 6.50. The standard InChI is InChI=1S/C25H30N7O9P/c1-2-27-25(35)31-21-18-22(29-12-28-21)32(13-30-18)23-20-19(40-17(41-20)9-8-14-6-4-3-5-7-14)16(39-23)10-38-42(36,37)11-15(26)24(33)34/h3-9,12-13,15-17,19-20,23H,2,10-11,26H2,1H3,(H,33,34)(H,36,37)(H2,27,28,29,31,35)/b9-8+/t15?,16-,17+,19?,20+,23-/m1/s1. The molecule has 2 amide bonds. The van der Waals surface area contributed by atoms with Crippen molar-refractivity contribution in [2.45, 2.75) is 43.8 Å². The largest absolute Gasteiger partial charge is 0.480 e. The molecule has 3 aromatic rings. The number of benzene rings is 1. The van der Waals surface area contributed by atoms with E-state index in [4.69, 9.17) is 29.6 Å². The third-order valence-corrected chi connectivity index (χ3v) is 7.91. The van der Waals surface area contributed by atoms with Crippen LogP contribution in [0, 0.1) is 0 Å². The number of imidazole rings is 1. The highest BCUT2D eigenvalue weighted by atomic mass is 31.2. The molecular formula is C25H30N7O9P. The van der Waals surface area contributed by atoms with Crippen molar-refractivity contribution in [3.05, 3.63) is 54.6 Å². The first kappa shape index (κ1) is 29.7. The van der Waals surface area contributed by atoms with Crippen LogP contribution in [-0.4, -0.2) is 91.5 Å². The number of nitrogens with zero attached hydrogens (tertiary/aromatic N) is 4. The normalized spacial score (nSPS) is 25.7. The van der Waals surface area contributed by atoms with Crippen LogP contribution in [0.2, 0.25) is 0 Å². The van der Waals surface area contributed by atoms with Crippen molar-refractivity contribution in [3.63, 3.8) is 0 Å². The Morgan fingerprint density at radius 3 is 2.69 bits per heavy atom. The number of amides is 2. The first-order valence-corrected chi connectivity index (χ1v) is 14.8. The maximum Gasteiger partial charge on any atom is 0.330 e. The van der Waals surface area contributed by atoms with Crippen LogP contribution in [0.25, 0.3) is 17.2 Å². The molecule has 17 heteroatoms. The van der Waals surface area contributed by atoms with E-state index in [1.54, 1.807) is 17.6 Å². The lowest BCUT2D eigenvalue weighted by Crippen LogP contribution is -2.35. The van der Waals surface area contributed by atoms with Gasteiger partial charge in [0.25, 0.3) is 0 Å². The summed E-state index contributed by atoms with van der Waals surface area (Å²) in [6.07, 6.45) is 1.48. The van der Waals surface area contributed by atoms with Gasteiger partial charge in [-0.3, -0.25) is 19.2 Å². The second-order valence-corrected chi connectivity index (χ2v) is 11.4. The molecule has 2 aliphatic heterocycles. The molecule has 2 aromatic heterocycles. The predicted octanol–water partition coefficient (Wildman–Crippen LogP) is 1.30. The van der Waals surface area contributed by atoms with Gasteiger partial charge in [-0.1, -0.05) is 36.4 Å². The second kappa shape index (κ2) is 12.6. The summed E-state index contributed by atoms with van der Waals surface area (Å²) < 4.78 is 37.8. The third kappa shape index (κ3) is 6.65. The van der Waals surface area contributed by atoms with Crippen molar-refractivity contribution in [3.8, 4) is 0 Å². The number of carboxylic acid groups (broad SMARTS) is 1. The number of nitrogens with one attached hydrogen (secondary N) is 2. The van der Waals surface area contributed by atoms with Gasteiger partial charge in [0.05, 0.1) is 19.1 Å². The van der Waals surface area contributed by atoms with Gasteiger partial charge in [-0.05, 0) is 18.6 Å². The zero-order chi connectivity index (χ0) is 29.9. The van der Waals surface area contributed by atoms with Crippen molar-refractivity contribution >= 4 is 42.7 Å². The Morgan fingerprint density at radius 2 is 1.95 bits per heavy atom. The van der Waals surface area contributed by atoms with Gasteiger partial charge in [-0.15, -0.1) is 0 Å². The summed E-state index contributed by atoms with van der Waals surface area (Å²) in [4.78, 5) is 46.1. The molecule has 0 spiro atoms. The number of fused-ring (bicyclic) bond motifs is 2. The predicted molar refractivity (Wildman–Crippen MR) is 147 cm³/mol. The number of urea groups is 1. The van der Waals surface area contributed by atoms with Crippen molar-refractivity contribution < 1.29 is 42.9 Å². The summed E-state index contributed by atoms with van der Waals surface area (Å²) in [5.41, 5.74) is 6.97. The highest BCUT2D eigenvalue weighted by molar-refractivity contribution is 7.52. The van der Waals surface area contributed by atoms with Crippen molar-refractivity contribution in [1.29, 1.82) is 0 Å². The summed E-state index contributed by atoms with van der Waals surface area (Å²) in [7, 11) is -4.39. The minimum absolute atomic E-state index is 0.183. The molecule has 0 saturated carbocycles. The lowest BCUT2D eigenvalue weighted by atomic mass is 10.1. The minimum Gasteiger partial charge on any atom is -0.480 e. The van der Waals surface area contributed by atoms with E-state index in [0.29, 0.717) is 17.7 Å². The maximum atomic E-state index is 12.5. The van der Waals surface area contributed by atoms with Crippen LogP contribution < -0.4 is 16.4 Å². The lowest BCUT2D eigenvalue weighted by molar-refractivity contribution is -0.138. The lowest BCUT2D eigenvalue weighted by Gasteiger charge is -2.21. The number of hydrogen-bond donors (Lipinski definition) is 5. The van der Waals surface area contributed by atoms with Gasteiger partial charge in [0, 0.05) is 6.54 Å². The summed E-state index contributed by atoms with van der Waals surface area (Å²) >= 11 is 0. The monoisotopic (exact) mass is 603 g/mol. The van der Waals surface area contributed by atoms with Gasteiger partial charge < -0.3 is 39.8 Å². The van der Waals surface area contributed by atoms with Crippen LogP contribution in [0.5, 0.6) is 0 Å². The van der Waals surface area contributed by atoms with Crippen LogP contribution in [0.15, 0.2) is 49.1 Å². The fraction of sp³-hybridized carbons (Fsp3) is 0.400. The van der Waals surface area contributed by atoms with Gasteiger partial charge in [0.1, 0.15) is 30.7 Å². The highest BCUT2D eigenvalue weighted by Gasteiger charge is 2.54. The van der Waals surface area contributed by atoms with E-state index in [1.807, 2.05) is 36.4 Å². The smallest absolute Gasteiger partial charge is 0.330 e.